The summed E-state index contributed by atoms with van der Waals surface area (Å²) in [4.78, 5) is 0. The molecule has 0 aliphatic rings. The van der Waals surface area contributed by atoms with Gasteiger partial charge in [-0.2, -0.15) is 5.10 Å². The average molecular weight is 360 g/mol. The van der Waals surface area contributed by atoms with E-state index in [1.807, 2.05) is 31.3 Å². The van der Waals surface area contributed by atoms with Gasteiger partial charge in [-0.25, -0.2) is 0 Å². The first-order valence-electron chi connectivity index (χ1n) is 5.27. The van der Waals surface area contributed by atoms with Gasteiger partial charge >= 0.3 is 0 Å². The summed E-state index contributed by atoms with van der Waals surface area (Å²) in [6, 6.07) is 5.70. The van der Waals surface area contributed by atoms with Crippen LogP contribution in [0.1, 0.15) is 24.2 Å². The molecule has 0 radical (unpaired) electrons. The van der Waals surface area contributed by atoms with Gasteiger partial charge in [0, 0.05) is 27.3 Å². The molecule has 1 atom stereocenters. The Morgan fingerprint density at radius 3 is 2.65 bits per heavy atom. The smallest absolute Gasteiger partial charge is 0.107 e. The summed E-state index contributed by atoms with van der Waals surface area (Å²) in [7, 11) is 0. The number of nitrogens with zero attached hydrogens (tertiary/aromatic N) is 2. The molecule has 2 aromatic rings. The molecule has 0 fully saturated rings. The predicted molar refractivity (Wildman–Crippen MR) is 73.8 cm³/mol. The van der Waals surface area contributed by atoms with E-state index in [0.717, 1.165) is 26.6 Å². The molecule has 1 N–H and O–H groups in total. The zero-order valence-electron chi connectivity index (χ0n) is 9.27. The largest absolute Gasteiger partial charge is 0.384 e. The minimum atomic E-state index is -0.639. The van der Waals surface area contributed by atoms with E-state index in [-0.39, 0.29) is 0 Å². The average Bonchev–Trinajstić information content (AvgIpc) is 2.80. The SMILES string of the molecule is CCn1cc(C(O)c2ccc(Br)c(Br)c2)cn1. The van der Waals surface area contributed by atoms with E-state index in [1.165, 1.54) is 0 Å². The number of halogens is 2. The standard InChI is InChI=1S/C12H12Br2N2O/c1-2-16-7-9(6-15-16)12(17)8-3-4-10(13)11(14)5-8/h3-7,12,17H,2H2,1H3. The lowest BCUT2D eigenvalue weighted by Crippen LogP contribution is -1.99. The summed E-state index contributed by atoms with van der Waals surface area (Å²) < 4.78 is 3.70. The number of hydrogen-bond acceptors (Lipinski definition) is 2. The predicted octanol–water partition coefficient (Wildman–Crippen LogP) is 3.51. The van der Waals surface area contributed by atoms with Gasteiger partial charge in [-0.3, -0.25) is 4.68 Å². The van der Waals surface area contributed by atoms with Crippen molar-refractivity contribution in [1.29, 1.82) is 0 Å². The van der Waals surface area contributed by atoms with Crippen molar-refractivity contribution in [2.45, 2.75) is 19.6 Å². The zero-order valence-corrected chi connectivity index (χ0v) is 12.4. The van der Waals surface area contributed by atoms with Gasteiger partial charge in [0.2, 0.25) is 0 Å². The van der Waals surface area contributed by atoms with Crippen LogP contribution in [0.2, 0.25) is 0 Å². The normalized spacial score (nSPS) is 12.7. The second-order valence-corrected chi connectivity index (χ2v) is 5.41. The Bertz CT molecular complexity index is 525. The van der Waals surface area contributed by atoms with E-state index in [0.29, 0.717) is 0 Å². The summed E-state index contributed by atoms with van der Waals surface area (Å²) in [5.41, 5.74) is 1.65. The number of aliphatic hydroxyl groups is 1. The molecule has 0 amide bonds. The summed E-state index contributed by atoms with van der Waals surface area (Å²) in [5.74, 6) is 0. The van der Waals surface area contributed by atoms with Gasteiger partial charge in [0.05, 0.1) is 6.20 Å². The molecule has 1 unspecified atom stereocenters. The van der Waals surface area contributed by atoms with Gasteiger partial charge in [0.15, 0.2) is 0 Å². The minimum Gasteiger partial charge on any atom is -0.384 e. The van der Waals surface area contributed by atoms with Gasteiger partial charge < -0.3 is 5.11 Å². The van der Waals surface area contributed by atoms with Gasteiger partial charge in [-0.05, 0) is 56.5 Å². The highest BCUT2D eigenvalue weighted by atomic mass is 79.9. The number of aryl methyl sites for hydroxylation is 1. The summed E-state index contributed by atoms with van der Waals surface area (Å²) in [6.45, 7) is 2.82. The Balaban J connectivity index is 2.29. The maximum Gasteiger partial charge on any atom is 0.107 e. The van der Waals surface area contributed by atoms with Crippen molar-refractivity contribution in [1.82, 2.24) is 9.78 Å². The molecule has 0 spiro atoms. The van der Waals surface area contributed by atoms with Crippen molar-refractivity contribution in [3.05, 3.63) is 50.7 Å². The first-order chi connectivity index (χ1) is 8.11. The van der Waals surface area contributed by atoms with Crippen LogP contribution in [0.4, 0.5) is 0 Å². The maximum atomic E-state index is 10.2. The Kier molecular flexibility index (Phi) is 4.01. The lowest BCUT2D eigenvalue weighted by Gasteiger charge is -2.09. The first-order valence-corrected chi connectivity index (χ1v) is 6.85. The zero-order chi connectivity index (χ0) is 12.4. The highest BCUT2D eigenvalue weighted by Crippen LogP contribution is 2.29. The molecule has 90 valence electrons. The van der Waals surface area contributed by atoms with Crippen LogP contribution in [0, 0.1) is 0 Å². The fourth-order valence-electron chi connectivity index (χ4n) is 1.57. The second-order valence-electron chi connectivity index (χ2n) is 3.71. The van der Waals surface area contributed by atoms with E-state index in [1.54, 1.807) is 10.9 Å². The van der Waals surface area contributed by atoms with E-state index < -0.39 is 6.10 Å². The Morgan fingerprint density at radius 1 is 1.29 bits per heavy atom. The van der Waals surface area contributed by atoms with Gasteiger partial charge in [-0.15, -0.1) is 0 Å². The van der Waals surface area contributed by atoms with Crippen LogP contribution in [-0.2, 0) is 6.54 Å². The van der Waals surface area contributed by atoms with E-state index >= 15 is 0 Å². The van der Waals surface area contributed by atoms with Crippen LogP contribution in [0.15, 0.2) is 39.5 Å². The maximum absolute atomic E-state index is 10.2. The van der Waals surface area contributed by atoms with Gasteiger partial charge in [0.1, 0.15) is 6.10 Å². The highest BCUT2D eigenvalue weighted by Gasteiger charge is 2.13. The third-order valence-corrected chi connectivity index (χ3v) is 4.43. The van der Waals surface area contributed by atoms with E-state index in [4.69, 9.17) is 0 Å². The van der Waals surface area contributed by atoms with Crippen LogP contribution >= 0.6 is 31.9 Å². The van der Waals surface area contributed by atoms with Crippen molar-refractivity contribution in [3.63, 3.8) is 0 Å². The summed E-state index contributed by atoms with van der Waals surface area (Å²) >= 11 is 6.83. The third kappa shape index (κ3) is 2.78. The van der Waals surface area contributed by atoms with Crippen LogP contribution in [0.3, 0.4) is 0 Å². The van der Waals surface area contributed by atoms with E-state index in [2.05, 4.69) is 37.0 Å². The van der Waals surface area contributed by atoms with Crippen LogP contribution in [-0.4, -0.2) is 14.9 Å². The van der Waals surface area contributed by atoms with Crippen molar-refractivity contribution in [2.24, 2.45) is 0 Å². The molecule has 0 bridgehead atoms. The van der Waals surface area contributed by atoms with Crippen LogP contribution < -0.4 is 0 Å². The first kappa shape index (κ1) is 12.8. The topological polar surface area (TPSA) is 38.0 Å². The lowest BCUT2D eigenvalue weighted by atomic mass is 10.1. The lowest BCUT2D eigenvalue weighted by molar-refractivity contribution is 0.220. The molecule has 0 aliphatic heterocycles. The molecule has 1 heterocycles. The monoisotopic (exact) mass is 358 g/mol. The number of benzene rings is 1. The minimum absolute atomic E-state index is 0.639. The molecular formula is C12H12Br2N2O. The molecule has 0 aliphatic carbocycles. The Labute approximate surface area is 117 Å². The molecule has 5 heteroatoms. The van der Waals surface area contributed by atoms with E-state index in [9.17, 15) is 5.11 Å². The number of aliphatic hydroxyl groups excluding tert-OH is 1. The molecule has 17 heavy (non-hydrogen) atoms. The fourth-order valence-corrected chi connectivity index (χ4v) is 2.21. The molecule has 3 nitrogen and oxygen atoms in total. The van der Waals surface area contributed by atoms with Crippen molar-refractivity contribution < 1.29 is 5.11 Å². The molecule has 1 aromatic carbocycles. The summed E-state index contributed by atoms with van der Waals surface area (Å²) in [5, 5.41) is 14.4. The quantitative estimate of drug-likeness (QED) is 0.910. The molecule has 0 saturated heterocycles. The van der Waals surface area contributed by atoms with Crippen molar-refractivity contribution in [3.8, 4) is 0 Å². The highest BCUT2D eigenvalue weighted by molar-refractivity contribution is 9.13. The van der Waals surface area contributed by atoms with Gasteiger partial charge in [0.25, 0.3) is 0 Å². The number of hydrogen-bond donors (Lipinski definition) is 1. The Hall–Kier alpha value is -0.650. The van der Waals surface area contributed by atoms with Crippen LogP contribution in [0.5, 0.6) is 0 Å². The van der Waals surface area contributed by atoms with Crippen LogP contribution in [0.25, 0.3) is 0 Å². The number of rotatable bonds is 3. The Morgan fingerprint density at radius 2 is 2.06 bits per heavy atom. The molecule has 1 aromatic heterocycles. The molecular weight excluding hydrogens is 348 g/mol. The molecule has 0 saturated carbocycles. The van der Waals surface area contributed by atoms with Gasteiger partial charge in [-0.1, -0.05) is 6.07 Å². The van der Waals surface area contributed by atoms with Crippen molar-refractivity contribution in [2.75, 3.05) is 0 Å². The fraction of sp³-hybridized carbons (Fsp3) is 0.250. The third-order valence-electron chi connectivity index (χ3n) is 2.55. The second kappa shape index (κ2) is 5.33. The molecule has 2 rings (SSSR count). The number of aromatic nitrogens is 2. The van der Waals surface area contributed by atoms with Crippen molar-refractivity contribution >= 4 is 31.9 Å². The summed E-state index contributed by atoms with van der Waals surface area (Å²) in [6.07, 6.45) is 2.92.